The minimum Gasteiger partial charge on any atom is -0.329 e. The van der Waals surface area contributed by atoms with E-state index in [2.05, 4.69) is 10.6 Å². The molecule has 1 rings (SSSR count). The van der Waals surface area contributed by atoms with Gasteiger partial charge in [0.25, 0.3) is 0 Å². The molecular weight excluding hydrogens is 169 g/mol. The standard InChI is InChI=1S/C9H20FN3/c1-9(10)4-2-3-5-12-7-13-8(9)6-11/h8,12-13H,2-7,11H2,1H3. The summed E-state index contributed by atoms with van der Waals surface area (Å²) in [5.74, 6) is 0. The lowest BCUT2D eigenvalue weighted by atomic mass is 9.92. The SMILES string of the molecule is CC1(F)CCCCNCNC1CN. The van der Waals surface area contributed by atoms with Crippen LogP contribution < -0.4 is 16.4 Å². The minimum atomic E-state index is -1.17. The van der Waals surface area contributed by atoms with E-state index in [1.165, 1.54) is 0 Å². The fourth-order valence-electron chi connectivity index (χ4n) is 1.72. The summed E-state index contributed by atoms with van der Waals surface area (Å²) in [6.45, 7) is 3.61. The number of halogens is 1. The second-order valence-electron chi connectivity index (χ2n) is 3.90. The van der Waals surface area contributed by atoms with Gasteiger partial charge >= 0.3 is 0 Å². The second-order valence-corrected chi connectivity index (χ2v) is 3.90. The van der Waals surface area contributed by atoms with Gasteiger partial charge in [-0.1, -0.05) is 0 Å². The van der Waals surface area contributed by atoms with Crippen LogP contribution in [0.25, 0.3) is 0 Å². The van der Waals surface area contributed by atoms with Crippen molar-refractivity contribution in [1.29, 1.82) is 0 Å². The highest BCUT2D eigenvalue weighted by Crippen LogP contribution is 2.23. The van der Waals surface area contributed by atoms with Crippen LogP contribution in [-0.2, 0) is 0 Å². The van der Waals surface area contributed by atoms with Crippen molar-refractivity contribution in [3.63, 3.8) is 0 Å². The quantitative estimate of drug-likeness (QED) is 0.558. The van der Waals surface area contributed by atoms with Gasteiger partial charge in [-0.3, -0.25) is 5.32 Å². The van der Waals surface area contributed by atoms with Crippen molar-refractivity contribution in [2.45, 2.75) is 37.9 Å². The molecule has 1 heterocycles. The van der Waals surface area contributed by atoms with Crippen LogP contribution in [0.5, 0.6) is 0 Å². The molecular formula is C9H20FN3. The molecule has 0 aromatic rings. The van der Waals surface area contributed by atoms with E-state index in [0.717, 1.165) is 19.4 Å². The van der Waals surface area contributed by atoms with Crippen molar-refractivity contribution < 1.29 is 4.39 Å². The Bertz CT molecular complexity index is 150. The van der Waals surface area contributed by atoms with Crippen LogP contribution in [0.2, 0.25) is 0 Å². The van der Waals surface area contributed by atoms with Crippen LogP contribution in [0.1, 0.15) is 26.2 Å². The highest BCUT2D eigenvalue weighted by Gasteiger charge is 2.32. The first-order valence-electron chi connectivity index (χ1n) is 5.00. The third kappa shape index (κ3) is 3.21. The Morgan fingerprint density at radius 2 is 2.31 bits per heavy atom. The van der Waals surface area contributed by atoms with Crippen LogP contribution in [0.4, 0.5) is 4.39 Å². The van der Waals surface area contributed by atoms with Crippen molar-refractivity contribution in [1.82, 2.24) is 10.6 Å². The monoisotopic (exact) mass is 189 g/mol. The van der Waals surface area contributed by atoms with Crippen molar-refractivity contribution in [3.8, 4) is 0 Å². The zero-order valence-corrected chi connectivity index (χ0v) is 8.28. The van der Waals surface area contributed by atoms with Gasteiger partial charge in [0.15, 0.2) is 0 Å². The molecule has 0 spiro atoms. The maximum Gasteiger partial charge on any atom is 0.124 e. The lowest BCUT2D eigenvalue weighted by molar-refractivity contribution is 0.117. The Balaban J connectivity index is 2.53. The maximum atomic E-state index is 14.0. The normalized spacial score (nSPS) is 37.6. The number of rotatable bonds is 1. The molecule has 13 heavy (non-hydrogen) atoms. The summed E-state index contributed by atoms with van der Waals surface area (Å²) in [7, 11) is 0. The Hall–Kier alpha value is -0.190. The van der Waals surface area contributed by atoms with Crippen LogP contribution in [0.3, 0.4) is 0 Å². The van der Waals surface area contributed by atoms with Gasteiger partial charge in [0.1, 0.15) is 5.67 Å². The number of nitrogens with one attached hydrogen (secondary N) is 2. The highest BCUT2D eigenvalue weighted by atomic mass is 19.1. The molecule has 4 heteroatoms. The van der Waals surface area contributed by atoms with Crippen LogP contribution in [-0.4, -0.2) is 31.5 Å². The lowest BCUT2D eigenvalue weighted by Crippen LogP contribution is -2.52. The molecule has 0 radical (unpaired) electrons. The minimum absolute atomic E-state index is 0.224. The van der Waals surface area contributed by atoms with Gasteiger partial charge in [-0.25, -0.2) is 4.39 Å². The molecule has 4 N–H and O–H groups in total. The molecule has 0 aromatic heterocycles. The van der Waals surface area contributed by atoms with Gasteiger partial charge in [0.2, 0.25) is 0 Å². The van der Waals surface area contributed by atoms with E-state index in [1.807, 2.05) is 0 Å². The van der Waals surface area contributed by atoms with Gasteiger partial charge in [-0.05, 0) is 32.7 Å². The van der Waals surface area contributed by atoms with E-state index >= 15 is 0 Å². The average Bonchev–Trinajstić information content (AvgIpc) is 2.15. The number of hydrogen-bond donors (Lipinski definition) is 3. The summed E-state index contributed by atoms with van der Waals surface area (Å²) in [5, 5.41) is 6.29. The van der Waals surface area contributed by atoms with Gasteiger partial charge < -0.3 is 11.1 Å². The molecule has 3 nitrogen and oxygen atoms in total. The van der Waals surface area contributed by atoms with E-state index in [0.29, 0.717) is 19.6 Å². The van der Waals surface area contributed by atoms with Crippen molar-refractivity contribution in [2.24, 2.45) is 5.73 Å². The first-order chi connectivity index (χ1) is 6.17. The summed E-state index contributed by atoms with van der Waals surface area (Å²) in [6, 6.07) is -0.224. The molecule has 0 amide bonds. The fourth-order valence-corrected chi connectivity index (χ4v) is 1.72. The van der Waals surface area contributed by atoms with Crippen LogP contribution >= 0.6 is 0 Å². The van der Waals surface area contributed by atoms with Gasteiger partial charge in [0.05, 0.1) is 6.04 Å². The molecule has 1 aliphatic rings. The predicted molar refractivity (Wildman–Crippen MR) is 52.2 cm³/mol. The third-order valence-electron chi connectivity index (χ3n) is 2.70. The molecule has 1 fully saturated rings. The molecule has 78 valence electrons. The Morgan fingerprint density at radius 1 is 1.54 bits per heavy atom. The molecule has 1 aliphatic heterocycles. The third-order valence-corrected chi connectivity index (χ3v) is 2.70. The Kier molecular flexibility index (Phi) is 4.09. The van der Waals surface area contributed by atoms with Gasteiger partial charge in [0, 0.05) is 13.2 Å². The van der Waals surface area contributed by atoms with Crippen molar-refractivity contribution in [3.05, 3.63) is 0 Å². The maximum absolute atomic E-state index is 14.0. The number of nitrogens with two attached hydrogens (primary N) is 1. The van der Waals surface area contributed by atoms with E-state index in [9.17, 15) is 4.39 Å². The lowest BCUT2D eigenvalue weighted by Gasteiger charge is -2.29. The summed E-state index contributed by atoms with van der Waals surface area (Å²) < 4.78 is 14.0. The first-order valence-corrected chi connectivity index (χ1v) is 5.00. The Labute approximate surface area is 79.3 Å². The zero-order chi connectivity index (χ0) is 9.73. The largest absolute Gasteiger partial charge is 0.329 e. The first kappa shape index (κ1) is 10.9. The number of alkyl halides is 1. The van der Waals surface area contributed by atoms with E-state index < -0.39 is 5.67 Å². The molecule has 0 saturated carbocycles. The molecule has 0 bridgehead atoms. The number of hydrogen-bond acceptors (Lipinski definition) is 3. The predicted octanol–water partition coefficient (Wildman–Crippen LogP) is 0.363. The van der Waals surface area contributed by atoms with Crippen LogP contribution in [0.15, 0.2) is 0 Å². The molecule has 1 saturated heterocycles. The van der Waals surface area contributed by atoms with E-state index in [1.54, 1.807) is 6.92 Å². The van der Waals surface area contributed by atoms with Crippen LogP contribution in [0, 0.1) is 0 Å². The van der Waals surface area contributed by atoms with Gasteiger partial charge in [-0.15, -0.1) is 0 Å². The molecule has 2 unspecified atom stereocenters. The zero-order valence-electron chi connectivity index (χ0n) is 8.28. The fraction of sp³-hybridized carbons (Fsp3) is 1.00. The molecule has 0 aliphatic carbocycles. The van der Waals surface area contributed by atoms with Gasteiger partial charge in [-0.2, -0.15) is 0 Å². The summed E-state index contributed by atoms with van der Waals surface area (Å²) >= 11 is 0. The molecule has 0 aromatic carbocycles. The Morgan fingerprint density at radius 3 is 3.00 bits per heavy atom. The molecule has 2 atom stereocenters. The van der Waals surface area contributed by atoms with E-state index in [4.69, 9.17) is 5.73 Å². The summed E-state index contributed by atoms with van der Waals surface area (Å²) in [4.78, 5) is 0. The smallest absolute Gasteiger partial charge is 0.124 e. The topological polar surface area (TPSA) is 50.1 Å². The summed E-state index contributed by atoms with van der Waals surface area (Å²) in [5.41, 5.74) is 4.35. The highest BCUT2D eigenvalue weighted by molar-refractivity contribution is 4.89. The summed E-state index contributed by atoms with van der Waals surface area (Å²) in [6.07, 6.45) is 2.57. The second kappa shape index (κ2) is 4.88. The van der Waals surface area contributed by atoms with Crippen molar-refractivity contribution in [2.75, 3.05) is 19.8 Å². The van der Waals surface area contributed by atoms with E-state index in [-0.39, 0.29) is 6.04 Å². The average molecular weight is 189 g/mol. The van der Waals surface area contributed by atoms with Crippen molar-refractivity contribution >= 4 is 0 Å².